The molecule has 0 aliphatic rings. The van der Waals surface area contributed by atoms with Crippen LogP contribution in [0.2, 0.25) is 0 Å². The van der Waals surface area contributed by atoms with Crippen molar-refractivity contribution in [2.75, 3.05) is 6.61 Å². The van der Waals surface area contributed by atoms with Crippen molar-refractivity contribution in [3.63, 3.8) is 0 Å². The molecule has 26 heavy (non-hydrogen) atoms. The monoisotopic (exact) mass is 373 g/mol. The molecule has 0 atom stereocenters. The van der Waals surface area contributed by atoms with Crippen molar-refractivity contribution in [2.24, 2.45) is 0 Å². The number of rotatable bonds is 6. The zero-order valence-corrected chi connectivity index (χ0v) is 14.6. The summed E-state index contributed by atoms with van der Waals surface area (Å²) in [6.45, 7) is 1.81. The molecule has 0 amide bonds. The van der Waals surface area contributed by atoms with Crippen LogP contribution >= 0.6 is 0 Å². The zero-order chi connectivity index (χ0) is 18.7. The lowest BCUT2D eigenvalue weighted by Crippen LogP contribution is -2.10. The van der Waals surface area contributed by atoms with Crippen molar-refractivity contribution in [1.82, 2.24) is 9.97 Å². The van der Waals surface area contributed by atoms with Crippen LogP contribution in [0.25, 0.3) is 11.0 Å². The van der Waals surface area contributed by atoms with Gasteiger partial charge >= 0.3 is 5.69 Å². The molecule has 3 rings (SSSR count). The van der Waals surface area contributed by atoms with Gasteiger partial charge < -0.3 is 4.74 Å². The largest absolute Gasteiger partial charge is 0.473 e. The maximum atomic E-state index is 12.8. The second kappa shape index (κ2) is 7.04. The maximum absolute atomic E-state index is 12.8. The lowest BCUT2D eigenvalue weighted by Gasteiger charge is -2.11. The molecule has 3 aromatic rings. The van der Waals surface area contributed by atoms with Gasteiger partial charge in [0.05, 0.1) is 27.7 Å². The highest BCUT2D eigenvalue weighted by Crippen LogP contribution is 2.36. The van der Waals surface area contributed by atoms with E-state index in [9.17, 15) is 18.5 Å². The van der Waals surface area contributed by atoms with Gasteiger partial charge in [0, 0.05) is 11.6 Å². The number of benzene rings is 1. The molecule has 8 nitrogen and oxygen atoms in total. The fraction of sp³-hybridized carbons (Fsp3) is 0.176. The van der Waals surface area contributed by atoms with E-state index in [0.29, 0.717) is 5.39 Å². The number of hydrogen-bond acceptors (Lipinski definition) is 7. The molecule has 0 saturated carbocycles. The quantitative estimate of drug-likeness (QED) is 0.482. The highest BCUT2D eigenvalue weighted by molar-refractivity contribution is 7.90. The predicted molar refractivity (Wildman–Crippen MR) is 94.7 cm³/mol. The number of hydrogen-bond donors (Lipinski definition) is 0. The van der Waals surface area contributed by atoms with Crippen LogP contribution in [0.15, 0.2) is 53.6 Å². The van der Waals surface area contributed by atoms with Crippen LogP contribution < -0.4 is 4.74 Å². The summed E-state index contributed by atoms with van der Waals surface area (Å²) in [5, 5.41) is 12.0. The molecular formula is C17H15N3O5S. The molecule has 0 fully saturated rings. The topological polar surface area (TPSA) is 112 Å². The Balaban J connectivity index is 2.26. The Morgan fingerprint density at radius 2 is 1.88 bits per heavy atom. The van der Waals surface area contributed by atoms with Crippen molar-refractivity contribution in [3.8, 4) is 5.88 Å². The summed E-state index contributed by atoms with van der Waals surface area (Å²) in [6.07, 6.45) is 1.48. The van der Waals surface area contributed by atoms with Gasteiger partial charge in [-0.1, -0.05) is 18.2 Å². The highest BCUT2D eigenvalue weighted by atomic mass is 32.2. The number of ether oxygens (including phenoxy) is 1. The number of nitrogens with zero attached hydrogens (tertiary/aromatic N) is 3. The van der Waals surface area contributed by atoms with Gasteiger partial charge in [-0.15, -0.1) is 0 Å². The van der Waals surface area contributed by atoms with Crippen LogP contribution in [-0.4, -0.2) is 29.9 Å². The lowest BCUT2D eigenvalue weighted by molar-refractivity contribution is -0.386. The predicted octanol–water partition coefficient (Wildman–Crippen LogP) is 2.91. The van der Waals surface area contributed by atoms with Gasteiger partial charge in [0.15, 0.2) is 15.5 Å². The van der Waals surface area contributed by atoms with Gasteiger partial charge in [0.2, 0.25) is 0 Å². The van der Waals surface area contributed by atoms with Crippen molar-refractivity contribution in [2.45, 2.75) is 17.6 Å². The summed E-state index contributed by atoms with van der Waals surface area (Å²) in [7, 11) is -3.81. The standard InChI is InChI=1S/C17H15N3O5S/c1-2-25-17-15(20(21)22)14(13-9-6-10-18-16(13)19-17)11-26(23,24)12-7-4-3-5-8-12/h3-10H,2,11H2,1H3. The number of nitro groups is 1. The summed E-state index contributed by atoms with van der Waals surface area (Å²) in [6, 6.07) is 10.9. The number of fused-ring (bicyclic) bond motifs is 1. The van der Waals surface area contributed by atoms with Gasteiger partial charge in [0.25, 0.3) is 5.88 Å². The molecule has 0 spiro atoms. The van der Waals surface area contributed by atoms with E-state index >= 15 is 0 Å². The third-order valence-corrected chi connectivity index (χ3v) is 5.37. The summed E-state index contributed by atoms with van der Waals surface area (Å²) in [5.41, 5.74) is -0.243. The highest BCUT2D eigenvalue weighted by Gasteiger charge is 2.30. The second-order valence-electron chi connectivity index (χ2n) is 5.38. The van der Waals surface area contributed by atoms with E-state index in [4.69, 9.17) is 4.74 Å². The Bertz CT molecular complexity index is 1070. The van der Waals surface area contributed by atoms with Crippen molar-refractivity contribution in [1.29, 1.82) is 0 Å². The summed E-state index contributed by atoms with van der Waals surface area (Å²) >= 11 is 0. The Morgan fingerprint density at radius 1 is 1.15 bits per heavy atom. The summed E-state index contributed by atoms with van der Waals surface area (Å²) < 4.78 is 30.8. The lowest BCUT2D eigenvalue weighted by atomic mass is 10.1. The molecule has 134 valence electrons. The molecule has 0 bridgehead atoms. The molecule has 9 heteroatoms. The molecule has 0 radical (unpaired) electrons. The van der Waals surface area contributed by atoms with Crippen molar-refractivity contribution in [3.05, 3.63) is 64.3 Å². The smallest absolute Gasteiger partial charge is 0.335 e. The molecule has 0 aliphatic heterocycles. The van der Waals surface area contributed by atoms with E-state index in [1.165, 1.54) is 18.3 Å². The van der Waals surface area contributed by atoms with Crippen LogP contribution in [-0.2, 0) is 15.6 Å². The average molecular weight is 373 g/mol. The van der Waals surface area contributed by atoms with Gasteiger partial charge in [-0.25, -0.2) is 13.4 Å². The molecule has 0 aliphatic carbocycles. The SMILES string of the molecule is CCOc1nc2ncccc2c(CS(=O)(=O)c2ccccc2)c1[N+](=O)[O-]. The van der Waals surface area contributed by atoms with Crippen LogP contribution in [0.5, 0.6) is 5.88 Å². The van der Waals surface area contributed by atoms with Gasteiger partial charge in [-0.05, 0) is 31.2 Å². The molecule has 1 aromatic carbocycles. The number of sulfone groups is 1. The van der Waals surface area contributed by atoms with E-state index < -0.39 is 26.2 Å². The minimum Gasteiger partial charge on any atom is -0.473 e. The number of pyridine rings is 2. The third-order valence-electron chi connectivity index (χ3n) is 3.71. The third kappa shape index (κ3) is 3.33. The van der Waals surface area contributed by atoms with Crippen LogP contribution in [0.1, 0.15) is 12.5 Å². The fourth-order valence-electron chi connectivity index (χ4n) is 2.60. The van der Waals surface area contributed by atoms with E-state index in [1.807, 2.05) is 0 Å². The van der Waals surface area contributed by atoms with Gasteiger partial charge in [-0.3, -0.25) is 10.1 Å². The van der Waals surface area contributed by atoms with Crippen LogP contribution in [0.3, 0.4) is 0 Å². The first-order valence-electron chi connectivity index (χ1n) is 7.76. The Hall–Kier alpha value is -3.07. The van der Waals surface area contributed by atoms with Crippen molar-refractivity contribution < 1.29 is 18.1 Å². The van der Waals surface area contributed by atoms with Gasteiger partial charge in [-0.2, -0.15) is 4.98 Å². The number of aromatic nitrogens is 2. The minimum absolute atomic E-state index is 0.0143. The average Bonchev–Trinajstić information content (AvgIpc) is 2.62. The first kappa shape index (κ1) is 17.7. The molecule has 0 unspecified atom stereocenters. The molecular weight excluding hydrogens is 358 g/mol. The first-order chi connectivity index (χ1) is 12.4. The van der Waals surface area contributed by atoms with E-state index in [-0.39, 0.29) is 28.6 Å². The van der Waals surface area contributed by atoms with Crippen molar-refractivity contribution >= 4 is 26.6 Å². The fourth-order valence-corrected chi connectivity index (χ4v) is 4.01. The molecule has 0 N–H and O–H groups in total. The first-order valence-corrected chi connectivity index (χ1v) is 9.42. The maximum Gasteiger partial charge on any atom is 0.335 e. The van der Waals surface area contributed by atoms with E-state index in [0.717, 1.165) is 0 Å². The zero-order valence-electron chi connectivity index (χ0n) is 13.8. The van der Waals surface area contributed by atoms with Crippen LogP contribution in [0.4, 0.5) is 5.69 Å². The Kier molecular flexibility index (Phi) is 4.81. The summed E-state index contributed by atoms with van der Waals surface area (Å²) in [5.74, 6) is -0.792. The summed E-state index contributed by atoms with van der Waals surface area (Å²) in [4.78, 5) is 19.2. The normalized spacial score (nSPS) is 11.4. The van der Waals surface area contributed by atoms with E-state index in [2.05, 4.69) is 9.97 Å². The Labute approximate surface area is 149 Å². The van der Waals surface area contributed by atoms with Crippen LogP contribution in [0, 0.1) is 10.1 Å². The van der Waals surface area contributed by atoms with Gasteiger partial charge in [0.1, 0.15) is 0 Å². The minimum atomic E-state index is -3.81. The molecule has 2 aromatic heterocycles. The Morgan fingerprint density at radius 3 is 2.54 bits per heavy atom. The molecule has 0 saturated heterocycles. The second-order valence-corrected chi connectivity index (χ2v) is 7.37. The molecule has 2 heterocycles. The van der Waals surface area contributed by atoms with E-state index in [1.54, 1.807) is 37.3 Å².